The van der Waals surface area contributed by atoms with E-state index in [1.165, 1.54) is 11.1 Å². The van der Waals surface area contributed by atoms with Crippen molar-refractivity contribution in [3.05, 3.63) is 71.8 Å². The Kier molecular flexibility index (Phi) is 4.39. The highest BCUT2D eigenvalue weighted by Crippen LogP contribution is 2.65. The molecular formula is C17H18S3. The summed E-state index contributed by atoms with van der Waals surface area (Å²) in [7, 11) is 0. The molecule has 3 heteroatoms. The van der Waals surface area contributed by atoms with Gasteiger partial charge in [-0.15, -0.1) is 35.3 Å². The Balaban J connectivity index is 1.87. The maximum absolute atomic E-state index is 2.34. The molecule has 2 atom stereocenters. The highest BCUT2D eigenvalue weighted by atomic mass is 32.3. The van der Waals surface area contributed by atoms with E-state index in [2.05, 4.69) is 110 Å². The second-order valence-corrected chi connectivity index (χ2v) is 10.8. The average molecular weight is 319 g/mol. The number of thioether (sulfide) groups is 3. The van der Waals surface area contributed by atoms with Crippen LogP contribution in [0.2, 0.25) is 0 Å². The van der Waals surface area contributed by atoms with Gasteiger partial charge in [-0.25, -0.2) is 0 Å². The molecule has 3 rings (SSSR count). The zero-order valence-electron chi connectivity index (χ0n) is 11.7. The maximum Gasteiger partial charge on any atom is 0.0779 e. The summed E-state index contributed by atoms with van der Waals surface area (Å²) in [4.78, 5) is 0. The van der Waals surface area contributed by atoms with Crippen molar-refractivity contribution < 1.29 is 0 Å². The summed E-state index contributed by atoms with van der Waals surface area (Å²) in [6, 6.07) is 21.7. The molecule has 2 aromatic carbocycles. The summed E-state index contributed by atoms with van der Waals surface area (Å²) in [6.07, 6.45) is 0. The fourth-order valence-electron chi connectivity index (χ4n) is 2.22. The van der Waals surface area contributed by atoms with Gasteiger partial charge in [-0.05, 0) is 25.0 Å². The van der Waals surface area contributed by atoms with Gasteiger partial charge in [-0.1, -0.05) is 60.7 Å². The van der Waals surface area contributed by atoms with E-state index in [1.54, 1.807) is 0 Å². The number of rotatable bonds is 2. The highest BCUT2D eigenvalue weighted by molar-refractivity contribution is 8.33. The summed E-state index contributed by atoms with van der Waals surface area (Å²) in [5.41, 5.74) is 2.86. The molecule has 0 nitrogen and oxygen atoms in total. The summed E-state index contributed by atoms with van der Waals surface area (Å²) in [5, 5.41) is 0. The summed E-state index contributed by atoms with van der Waals surface area (Å²) in [5.74, 6) is 0. The number of hydrogen-bond donors (Lipinski definition) is 0. The fourth-order valence-corrected chi connectivity index (χ4v) is 8.63. The van der Waals surface area contributed by atoms with E-state index in [0.717, 1.165) is 0 Å². The quantitative estimate of drug-likeness (QED) is 0.634. The van der Waals surface area contributed by atoms with Crippen LogP contribution in [0.3, 0.4) is 0 Å². The standard InChI is InChI=1S/C17H18S3/c1-17(2)19-15(13-9-5-3-6-10-13)18-16(20-17)14-11-7-4-8-12-14/h3-12,15-16H,1-2H3. The molecule has 0 saturated carbocycles. The minimum absolute atomic E-state index is 0.242. The van der Waals surface area contributed by atoms with Crippen molar-refractivity contribution in [2.24, 2.45) is 0 Å². The van der Waals surface area contributed by atoms with Crippen LogP contribution in [-0.2, 0) is 0 Å². The monoisotopic (exact) mass is 318 g/mol. The van der Waals surface area contributed by atoms with Crippen LogP contribution in [0.1, 0.15) is 34.1 Å². The van der Waals surface area contributed by atoms with Crippen LogP contribution >= 0.6 is 35.3 Å². The molecule has 0 aromatic heterocycles. The van der Waals surface area contributed by atoms with Gasteiger partial charge >= 0.3 is 0 Å². The van der Waals surface area contributed by atoms with Gasteiger partial charge in [0.2, 0.25) is 0 Å². The Morgan fingerprint density at radius 3 is 1.50 bits per heavy atom. The zero-order chi connectivity index (χ0) is 14.0. The van der Waals surface area contributed by atoms with Crippen molar-refractivity contribution in [2.75, 3.05) is 0 Å². The largest absolute Gasteiger partial charge is 0.125 e. The van der Waals surface area contributed by atoms with Crippen molar-refractivity contribution in [3.8, 4) is 0 Å². The predicted octanol–water partition coefficient (Wildman–Crippen LogP) is 6.33. The average Bonchev–Trinajstić information content (AvgIpc) is 2.47. The Bertz CT molecular complexity index is 501. The third-order valence-corrected chi connectivity index (χ3v) is 8.14. The molecule has 104 valence electrons. The molecule has 0 radical (unpaired) electrons. The van der Waals surface area contributed by atoms with Gasteiger partial charge in [0.05, 0.1) is 13.2 Å². The normalized spacial score (nSPS) is 25.3. The molecule has 0 amide bonds. The van der Waals surface area contributed by atoms with Gasteiger partial charge in [0.15, 0.2) is 0 Å². The predicted molar refractivity (Wildman–Crippen MR) is 95.2 cm³/mol. The molecule has 1 saturated heterocycles. The third-order valence-electron chi connectivity index (χ3n) is 3.17. The van der Waals surface area contributed by atoms with Gasteiger partial charge in [0.25, 0.3) is 0 Å². The zero-order valence-corrected chi connectivity index (χ0v) is 14.1. The summed E-state index contributed by atoms with van der Waals surface area (Å²) >= 11 is 6.20. The Hall–Kier alpha value is -0.510. The molecule has 0 aliphatic carbocycles. The van der Waals surface area contributed by atoms with Crippen LogP contribution in [0, 0.1) is 0 Å². The minimum atomic E-state index is 0.242. The second kappa shape index (κ2) is 6.08. The lowest BCUT2D eigenvalue weighted by Gasteiger charge is -2.39. The lowest BCUT2D eigenvalue weighted by molar-refractivity contribution is 1.01. The molecule has 20 heavy (non-hydrogen) atoms. The third kappa shape index (κ3) is 3.38. The van der Waals surface area contributed by atoms with Gasteiger partial charge < -0.3 is 0 Å². The fraction of sp³-hybridized carbons (Fsp3) is 0.294. The number of benzene rings is 2. The van der Waals surface area contributed by atoms with Crippen molar-refractivity contribution in [1.82, 2.24) is 0 Å². The Labute approximate surface area is 134 Å². The highest BCUT2D eigenvalue weighted by Gasteiger charge is 2.37. The second-order valence-electron chi connectivity index (χ2n) is 5.26. The van der Waals surface area contributed by atoms with Gasteiger partial charge in [0, 0.05) is 0 Å². The molecule has 0 spiro atoms. The van der Waals surface area contributed by atoms with E-state index < -0.39 is 0 Å². The van der Waals surface area contributed by atoms with Crippen LogP contribution in [0.15, 0.2) is 60.7 Å². The van der Waals surface area contributed by atoms with Gasteiger partial charge in [-0.2, -0.15) is 0 Å². The van der Waals surface area contributed by atoms with E-state index in [1.807, 2.05) is 0 Å². The summed E-state index contributed by atoms with van der Waals surface area (Å²) in [6.45, 7) is 4.68. The molecule has 1 heterocycles. The van der Waals surface area contributed by atoms with Crippen molar-refractivity contribution in [2.45, 2.75) is 27.1 Å². The molecule has 1 aliphatic rings. The van der Waals surface area contributed by atoms with Crippen LogP contribution in [0.4, 0.5) is 0 Å². The minimum Gasteiger partial charge on any atom is -0.125 e. The van der Waals surface area contributed by atoms with Crippen LogP contribution in [0.5, 0.6) is 0 Å². The van der Waals surface area contributed by atoms with Gasteiger partial charge in [-0.3, -0.25) is 0 Å². The molecule has 2 aromatic rings. The van der Waals surface area contributed by atoms with E-state index in [0.29, 0.717) is 9.16 Å². The Morgan fingerprint density at radius 2 is 1.10 bits per heavy atom. The first-order valence-corrected chi connectivity index (χ1v) is 9.45. The molecule has 1 aliphatic heterocycles. The molecule has 0 N–H and O–H groups in total. The molecule has 2 unspecified atom stereocenters. The first-order valence-electron chi connectivity index (χ1n) is 6.75. The summed E-state index contributed by atoms with van der Waals surface area (Å²) < 4.78 is 1.27. The lowest BCUT2D eigenvalue weighted by atomic mass is 10.2. The SMILES string of the molecule is CC1(C)SC(c2ccccc2)SC(c2ccccc2)S1. The van der Waals surface area contributed by atoms with Crippen LogP contribution in [0.25, 0.3) is 0 Å². The van der Waals surface area contributed by atoms with Crippen LogP contribution in [-0.4, -0.2) is 4.08 Å². The van der Waals surface area contributed by atoms with E-state index in [9.17, 15) is 0 Å². The Morgan fingerprint density at radius 1 is 0.700 bits per heavy atom. The van der Waals surface area contributed by atoms with Gasteiger partial charge in [0.1, 0.15) is 0 Å². The van der Waals surface area contributed by atoms with Crippen molar-refractivity contribution in [3.63, 3.8) is 0 Å². The first kappa shape index (κ1) is 14.4. The topological polar surface area (TPSA) is 0 Å². The van der Waals surface area contributed by atoms with E-state index >= 15 is 0 Å². The number of hydrogen-bond acceptors (Lipinski definition) is 3. The van der Waals surface area contributed by atoms with Crippen molar-refractivity contribution >= 4 is 35.3 Å². The molecule has 1 fully saturated rings. The lowest BCUT2D eigenvalue weighted by Crippen LogP contribution is -2.18. The first-order chi connectivity index (χ1) is 9.64. The smallest absolute Gasteiger partial charge is 0.0779 e. The van der Waals surface area contributed by atoms with Crippen molar-refractivity contribution in [1.29, 1.82) is 0 Å². The molecular weight excluding hydrogens is 300 g/mol. The van der Waals surface area contributed by atoms with E-state index in [4.69, 9.17) is 0 Å². The van der Waals surface area contributed by atoms with Crippen LogP contribution < -0.4 is 0 Å². The molecule has 0 bridgehead atoms. The van der Waals surface area contributed by atoms with E-state index in [-0.39, 0.29) is 4.08 Å². The maximum atomic E-state index is 2.34.